The van der Waals surface area contributed by atoms with Crippen LogP contribution in [0.2, 0.25) is 0 Å². The highest BCUT2D eigenvalue weighted by Gasteiger charge is 2.47. The number of ketones is 1. The van der Waals surface area contributed by atoms with Gasteiger partial charge in [0.2, 0.25) is 6.79 Å². The second kappa shape index (κ2) is 9.58. The third-order valence-corrected chi connectivity index (χ3v) is 6.07. The number of Topliss-reactive ketones (excluding diaryl/α,β-unsaturated/α-hetero) is 1. The van der Waals surface area contributed by atoms with Crippen LogP contribution in [-0.2, 0) is 25.5 Å². The number of aliphatic hydroxyl groups is 1. The number of esters is 1. The van der Waals surface area contributed by atoms with Gasteiger partial charge in [-0.15, -0.1) is 0 Å². The number of nitrogens with zero attached hydrogens (tertiary/aromatic N) is 1. The van der Waals surface area contributed by atoms with Crippen LogP contribution in [0.4, 0.5) is 5.69 Å². The Morgan fingerprint density at radius 2 is 1.72 bits per heavy atom. The molecule has 1 atom stereocenters. The summed E-state index contributed by atoms with van der Waals surface area (Å²) in [5.41, 5.74) is 2.15. The molecule has 2 heterocycles. The molecule has 1 fully saturated rings. The number of fused-ring (bicyclic) bond motifs is 1. The highest BCUT2D eigenvalue weighted by molar-refractivity contribution is 6.51. The Kier molecular flexibility index (Phi) is 6.16. The first-order chi connectivity index (χ1) is 17.5. The van der Waals surface area contributed by atoms with Crippen LogP contribution in [0.5, 0.6) is 11.5 Å². The van der Waals surface area contributed by atoms with E-state index in [1.807, 2.05) is 6.07 Å². The summed E-state index contributed by atoms with van der Waals surface area (Å²) in [5, 5.41) is 11.3. The second-order valence-corrected chi connectivity index (χ2v) is 8.30. The fourth-order valence-corrected chi connectivity index (χ4v) is 4.40. The molecule has 0 bridgehead atoms. The van der Waals surface area contributed by atoms with Crippen LogP contribution in [-0.4, -0.2) is 36.2 Å². The molecule has 182 valence electrons. The van der Waals surface area contributed by atoms with Crippen molar-refractivity contribution in [2.24, 2.45) is 0 Å². The number of carbonyl (C=O) groups excluding carboxylic acids is 3. The predicted octanol–water partition coefficient (Wildman–Crippen LogP) is 4.15. The molecule has 8 heteroatoms. The average Bonchev–Trinajstić information content (AvgIpc) is 3.47. The average molecular weight is 485 g/mol. The number of amides is 1. The number of carbonyl (C=O) groups is 3. The minimum Gasteiger partial charge on any atom is -0.507 e. The van der Waals surface area contributed by atoms with Gasteiger partial charge in [-0.3, -0.25) is 19.3 Å². The molecule has 5 rings (SSSR count). The molecule has 2 aliphatic heterocycles. The van der Waals surface area contributed by atoms with Gasteiger partial charge < -0.3 is 19.3 Å². The largest absolute Gasteiger partial charge is 0.507 e. The molecular weight excluding hydrogens is 462 g/mol. The van der Waals surface area contributed by atoms with E-state index in [1.165, 1.54) is 4.90 Å². The standard InChI is InChI=1S/C28H23NO7/c1-2-34-23(30)14-17-8-11-20(12-9-17)29-25(18-6-4-3-5-7-18)24(27(32)28(29)33)26(31)19-10-13-21-22(15-19)36-16-35-21/h3-13,15,25,31H,2,14,16H2,1H3/b26-24-. The van der Waals surface area contributed by atoms with Crippen molar-refractivity contribution in [3.8, 4) is 11.5 Å². The van der Waals surface area contributed by atoms with Crippen molar-refractivity contribution in [2.75, 3.05) is 18.3 Å². The van der Waals surface area contributed by atoms with Crippen LogP contribution < -0.4 is 14.4 Å². The molecule has 0 aliphatic carbocycles. The lowest BCUT2D eigenvalue weighted by Crippen LogP contribution is -2.29. The van der Waals surface area contributed by atoms with Gasteiger partial charge in [-0.1, -0.05) is 42.5 Å². The highest BCUT2D eigenvalue weighted by Crippen LogP contribution is 2.43. The third-order valence-electron chi connectivity index (χ3n) is 6.07. The lowest BCUT2D eigenvalue weighted by molar-refractivity contribution is -0.142. The molecule has 1 unspecified atom stereocenters. The number of hydrogen-bond donors (Lipinski definition) is 1. The Morgan fingerprint density at radius 3 is 2.44 bits per heavy atom. The fraction of sp³-hybridized carbons (Fsp3) is 0.179. The number of ether oxygens (including phenoxy) is 3. The summed E-state index contributed by atoms with van der Waals surface area (Å²) in [6, 6.07) is 19.8. The lowest BCUT2D eigenvalue weighted by Gasteiger charge is -2.25. The summed E-state index contributed by atoms with van der Waals surface area (Å²) in [7, 11) is 0. The molecule has 0 radical (unpaired) electrons. The van der Waals surface area contributed by atoms with Gasteiger partial charge in [-0.05, 0) is 48.4 Å². The molecule has 1 amide bonds. The van der Waals surface area contributed by atoms with E-state index in [1.54, 1.807) is 73.7 Å². The molecule has 0 saturated carbocycles. The van der Waals surface area contributed by atoms with Crippen LogP contribution >= 0.6 is 0 Å². The molecule has 3 aromatic rings. The Bertz CT molecular complexity index is 1360. The molecular formula is C28H23NO7. The Hall–Kier alpha value is -4.59. The van der Waals surface area contributed by atoms with Gasteiger partial charge in [-0.25, -0.2) is 0 Å². The van der Waals surface area contributed by atoms with E-state index < -0.39 is 17.7 Å². The number of aliphatic hydroxyl groups excluding tert-OH is 1. The summed E-state index contributed by atoms with van der Waals surface area (Å²) in [4.78, 5) is 39.8. The topological polar surface area (TPSA) is 102 Å². The van der Waals surface area contributed by atoms with Gasteiger partial charge in [0.15, 0.2) is 11.5 Å². The van der Waals surface area contributed by atoms with Crippen molar-refractivity contribution >= 4 is 29.1 Å². The maximum absolute atomic E-state index is 13.3. The second-order valence-electron chi connectivity index (χ2n) is 8.30. The molecule has 2 aliphatic rings. The van der Waals surface area contributed by atoms with Crippen molar-refractivity contribution in [2.45, 2.75) is 19.4 Å². The fourth-order valence-electron chi connectivity index (χ4n) is 4.40. The predicted molar refractivity (Wildman–Crippen MR) is 131 cm³/mol. The van der Waals surface area contributed by atoms with Crippen molar-refractivity contribution in [3.05, 3.63) is 95.1 Å². The van der Waals surface area contributed by atoms with Crippen molar-refractivity contribution in [1.29, 1.82) is 0 Å². The number of benzene rings is 3. The van der Waals surface area contributed by atoms with E-state index in [2.05, 4.69) is 0 Å². The zero-order chi connectivity index (χ0) is 25.2. The van der Waals surface area contributed by atoms with Crippen LogP contribution in [0.15, 0.2) is 78.4 Å². The zero-order valence-electron chi connectivity index (χ0n) is 19.5. The van der Waals surface area contributed by atoms with Crippen LogP contribution in [0.25, 0.3) is 5.76 Å². The zero-order valence-corrected chi connectivity index (χ0v) is 19.5. The molecule has 3 aromatic carbocycles. The summed E-state index contributed by atoms with van der Waals surface area (Å²) >= 11 is 0. The minimum absolute atomic E-state index is 0.0272. The van der Waals surface area contributed by atoms with E-state index in [0.717, 1.165) is 0 Å². The third kappa shape index (κ3) is 4.17. The monoisotopic (exact) mass is 485 g/mol. The molecule has 0 spiro atoms. The van der Waals surface area contributed by atoms with Gasteiger partial charge >= 0.3 is 5.97 Å². The normalized spacial score (nSPS) is 17.9. The van der Waals surface area contributed by atoms with Crippen LogP contribution in [0.1, 0.15) is 29.7 Å². The molecule has 8 nitrogen and oxygen atoms in total. The van der Waals surface area contributed by atoms with Crippen molar-refractivity contribution < 1.29 is 33.7 Å². The quantitative estimate of drug-likeness (QED) is 0.242. The maximum Gasteiger partial charge on any atom is 0.310 e. The molecule has 36 heavy (non-hydrogen) atoms. The lowest BCUT2D eigenvalue weighted by atomic mass is 9.95. The van der Waals surface area contributed by atoms with E-state index in [4.69, 9.17) is 14.2 Å². The molecule has 1 saturated heterocycles. The minimum atomic E-state index is -0.854. The van der Waals surface area contributed by atoms with Crippen molar-refractivity contribution in [3.63, 3.8) is 0 Å². The summed E-state index contributed by atoms with van der Waals surface area (Å²) in [5.74, 6) is -1.23. The van der Waals surface area contributed by atoms with Gasteiger partial charge in [0.05, 0.1) is 24.6 Å². The van der Waals surface area contributed by atoms with E-state index in [9.17, 15) is 19.5 Å². The summed E-state index contributed by atoms with van der Waals surface area (Å²) in [6.45, 7) is 2.10. The summed E-state index contributed by atoms with van der Waals surface area (Å²) in [6.07, 6.45) is 0.0964. The summed E-state index contributed by atoms with van der Waals surface area (Å²) < 4.78 is 15.7. The highest BCUT2D eigenvalue weighted by atomic mass is 16.7. The maximum atomic E-state index is 13.3. The Labute approximate surface area is 207 Å². The number of hydrogen-bond acceptors (Lipinski definition) is 7. The molecule has 1 N–H and O–H groups in total. The van der Waals surface area contributed by atoms with Gasteiger partial charge in [-0.2, -0.15) is 0 Å². The molecule has 0 aromatic heterocycles. The van der Waals surface area contributed by atoms with E-state index in [-0.39, 0.29) is 30.5 Å². The SMILES string of the molecule is CCOC(=O)Cc1ccc(N2C(=O)C(=O)/C(=C(\O)c3ccc4c(c3)OCO4)C2c2ccccc2)cc1. The number of rotatable bonds is 6. The van der Waals surface area contributed by atoms with E-state index in [0.29, 0.717) is 40.5 Å². The van der Waals surface area contributed by atoms with E-state index >= 15 is 0 Å². The first-order valence-corrected chi connectivity index (χ1v) is 11.5. The van der Waals surface area contributed by atoms with Crippen LogP contribution in [0.3, 0.4) is 0 Å². The van der Waals surface area contributed by atoms with Gasteiger partial charge in [0, 0.05) is 11.3 Å². The first kappa shape index (κ1) is 23.2. The first-order valence-electron chi connectivity index (χ1n) is 11.5. The smallest absolute Gasteiger partial charge is 0.310 e. The van der Waals surface area contributed by atoms with Crippen molar-refractivity contribution in [1.82, 2.24) is 0 Å². The van der Waals surface area contributed by atoms with Gasteiger partial charge in [0.25, 0.3) is 11.7 Å². The Morgan fingerprint density at radius 1 is 1.00 bits per heavy atom. The Balaban J connectivity index is 1.57. The number of anilines is 1. The van der Waals surface area contributed by atoms with Crippen LogP contribution in [0, 0.1) is 0 Å². The van der Waals surface area contributed by atoms with Gasteiger partial charge in [0.1, 0.15) is 5.76 Å².